The van der Waals surface area contributed by atoms with Crippen LogP contribution in [-0.2, 0) is 71.6 Å². The summed E-state index contributed by atoms with van der Waals surface area (Å²) in [6.07, 6.45) is 6.77. The fourth-order valence-electron chi connectivity index (χ4n) is 10.9. The second kappa shape index (κ2) is 22.4. The van der Waals surface area contributed by atoms with E-state index in [4.69, 9.17) is 62.3 Å². The minimum atomic E-state index is -1.19. The Labute approximate surface area is 483 Å². The molecular weight excluding hydrogens is 1190 g/mol. The molecule has 20 heteroatoms. The second-order valence-electron chi connectivity index (χ2n) is 28.0. The van der Waals surface area contributed by atoms with Gasteiger partial charge < -0.3 is 18.9 Å². The summed E-state index contributed by atoms with van der Waals surface area (Å²) in [6.45, 7) is 38.3. The summed E-state index contributed by atoms with van der Waals surface area (Å²) in [7, 11) is -4.68. The molecule has 76 heavy (non-hydrogen) atoms. The van der Waals surface area contributed by atoms with E-state index in [0.717, 1.165) is 142 Å². The molecule has 4 aromatic heterocycles. The molecule has 2 aromatic carbocycles. The standard InChI is InChI=1S/2C28H42BrClN4O2Si2/c1-28-15-19(28)12-21-24(16-28)34(18-36-9-11-38(5,6)7)32-25(21)27-31-26-22(30)13-20(29)14-23(26)33(27)17-35-8-10-37(2,3)4;1-28-15-19(28)12-21-24(16-28)34(18-36-9-11-38(5,6)7)32-25(21)27-31-23-14-20(29)13-22(30)26(23)33(27)17-35-8-10-37(2,3)4/h2*13-14,19H,8-12,15-18H2,1-7H3/t2*19-,28-/m11/s1. The first kappa shape index (κ1) is 58.7. The maximum atomic E-state index is 6.79. The third-order valence-corrected chi connectivity index (χ3v) is 24.6. The van der Waals surface area contributed by atoms with Gasteiger partial charge >= 0.3 is 0 Å². The van der Waals surface area contributed by atoms with Crippen molar-refractivity contribution in [3.05, 3.63) is 65.8 Å². The number of halogens is 4. The van der Waals surface area contributed by atoms with Crippen molar-refractivity contribution >= 4 is 109 Å². The van der Waals surface area contributed by atoms with E-state index in [1.54, 1.807) is 0 Å². The van der Waals surface area contributed by atoms with Crippen molar-refractivity contribution in [1.29, 1.82) is 0 Å². The van der Waals surface area contributed by atoms with E-state index in [1.165, 1.54) is 35.4 Å². The lowest BCUT2D eigenvalue weighted by Gasteiger charge is -2.20. The van der Waals surface area contributed by atoms with Crippen LogP contribution in [0.25, 0.3) is 45.1 Å². The minimum absolute atomic E-state index is 0.397. The van der Waals surface area contributed by atoms with Gasteiger partial charge in [-0.1, -0.05) is 147 Å². The number of benzene rings is 2. The van der Waals surface area contributed by atoms with E-state index >= 15 is 0 Å². The Morgan fingerprint density at radius 2 is 0.961 bits per heavy atom. The highest BCUT2D eigenvalue weighted by Crippen LogP contribution is 2.61. The molecule has 0 spiro atoms. The van der Waals surface area contributed by atoms with Crippen LogP contribution in [0.15, 0.2) is 33.2 Å². The third-order valence-electron chi connectivity index (χ3n) is 16.3. The van der Waals surface area contributed by atoms with Crippen LogP contribution in [0.1, 0.15) is 49.2 Å². The quantitative estimate of drug-likeness (QED) is 0.0489. The summed E-state index contributed by atoms with van der Waals surface area (Å²) >= 11 is 20.7. The van der Waals surface area contributed by atoms with Crippen LogP contribution in [0, 0.1) is 22.7 Å². The van der Waals surface area contributed by atoms with Crippen molar-refractivity contribution in [2.75, 3.05) is 26.4 Å². The number of hydrogen-bond acceptors (Lipinski definition) is 8. The van der Waals surface area contributed by atoms with Crippen LogP contribution < -0.4 is 0 Å². The average molecular weight is 1280 g/mol. The van der Waals surface area contributed by atoms with Gasteiger partial charge in [0.1, 0.15) is 43.8 Å². The fourth-order valence-corrected chi connectivity index (χ4v) is 15.6. The molecule has 0 amide bonds. The predicted molar refractivity (Wildman–Crippen MR) is 331 cm³/mol. The zero-order chi connectivity index (χ0) is 54.9. The molecule has 6 aromatic rings. The number of ether oxygens (including phenoxy) is 4. The lowest BCUT2D eigenvalue weighted by molar-refractivity contribution is 0.0755. The first-order valence-electron chi connectivity index (χ1n) is 27.7. The monoisotopic (exact) mass is 1270 g/mol. The van der Waals surface area contributed by atoms with Gasteiger partial charge in [0, 0.05) is 90.2 Å². The van der Waals surface area contributed by atoms with Gasteiger partial charge in [-0.3, -0.25) is 9.13 Å². The average Bonchev–Trinajstić information content (AvgIpc) is 3.99. The summed E-state index contributed by atoms with van der Waals surface area (Å²) in [5.74, 6) is 3.13. The fraction of sp³-hybridized carbons (Fsp3) is 0.643. The predicted octanol–water partition coefficient (Wildman–Crippen LogP) is 16.1. The molecule has 12 nitrogen and oxygen atoms in total. The molecule has 2 fully saturated rings. The Kier molecular flexibility index (Phi) is 17.3. The van der Waals surface area contributed by atoms with Crippen LogP contribution >= 0.6 is 55.1 Å². The van der Waals surface area contributed by atoms with E-state index < -0.39 is 32.3 Å². The molecule has 4 aliphatic rings. The van der Waals surface area contributed by atoms with Crippen molar-refractivity contribution in [2.24, 2.45) is 22.7 Å². The molecular formula is C56H84Br2Cl2N8O4Si4. The third kappa shape index (κ3) is 13.8. The number of nitrogens with zero attached hydrogens (tertiary/aromatic N) is 8. The molecule has 4 aliphatic carbocycles. The van der Waals surface area contributed by atoms with E-state index in [1.807, 2.05) is 18.2 Å². The van der Waals surface area contributed by atoms with Crippen LogP contribution in [0.2, 0.25) is 113 Å². The first-order chi connectivity index (χ1) is 35.5. The summed E-state index contributed by atoms with van der Waals surface area (Å²) in [5, 5.41) is 11.6. The minimum Gasteiger partial charge on any atom is -0.361 e. The molecule has 0 bridgehead atoms. The first-order valence-corrected chi connectivity index (χ1v) is 44.8. The van der Waals surface area contributed by atoms with E-state index in [0.29, 0.717) is 47.8 Å². The Morgan fingerprint density at radius 3 is 1.42 bits per heavy atom. The highest BCUT2D eigenvalue weighted by Gasteiger charge is 2.55. The van der Waals surface area contributed by atoms with Crippen LogP contribution in [0.3, 0.4) is 0 Å². The van der Waals surface area contributed by atoms with Gasteiger partial charge in [0.15, 0.2) is 11.6 Å². The molecule has 0 aliphatic heterocycles. The zero-order valence-corrected chi connectivity index (χ0v) is 56.6. The van der Waals surface area contributed by atoms with Gasteiger partial charge in [-0.25, -0.2) is 19.3 Å². The molecule has 416 valence electrons. The summed E-state index contributed by atoms with van der Waals surface area (Å²) in [5.41, 5.74) is 11.5. The number of aromatic nitrogens is 8. The lowest BCUT2D eigenvalue weighted by atomic mass is 9.87. The zero-order valence-electron chi connectivity index (χ0n) is 47.9. The van der Waals surface area contributed by atoms with Crippen molar-refractivity contribution in [2.45, 2.75) is 182 Å². The molecule has 4 heterocycles. The molecule has 0 radical (unpaired) electrons. The molecule has 2 saturated carbocycles. The van der Waals surface area contributed by atoms with Crippen LogP contribution in [0.5, 0.6) is 0 Å². The lowest BCUT2D eigenvalue weighted by Crippen LogP contribution is -2.23. The van der Waals surface area contributed by atoms with Crippen molar-refractivity contribution in [3.8, 4) is 23.0 Å². The number of fused-ring (bicyclic) bond motifs is 6. The topological polar surface area (TPSA) is 108 Å². The van der Waals surface area contributed by atoms with Gasteiger partial charge in [-0.05, 0) is 110 Å². The summed E-state index contributed by atoms with van der Waals surface area (Å²) in [4.78, 5) is 10.2. The Hall–Kier alpha value is -1.95. The molecule has 4 atom stereocenters. The molecule has 10 rings (SSSR count). The Morgan fingerprint density at radius 1 is 0.553 bits per heavy atom. The second-order valence-corrected chi connectivity index (χ2v) is 53.2. The smallest absolute Gasteiger partial charge is 0.163 e. The number of imidazole rings is 2. The largest absolute Gasteiger partial charge is 0.361 e. The molecule has 0 saturated heterocycles. The van der Waals surface area contributed by atoms with Gasteiger partial charge in [0.05, 0.1) is 26.6 Å². The van der Waals surface area contributed by atoms with Crippen LogP contribution in [0.4, 0.5) is 0 Å². The van der Waals surface area contributed by atoms with Crippen molar-refractivity contribution in [1.82, 2.24) is 38.7 Å². The summed E-state index contributed by atoms with van der Waals surface area (Å²) in [6, 6.07) is 12.5. The molecule has 0 unspecified atom stereocenters. The van der Waals surface area contributed by atoms with E-state index in [2.05, 4.69) is 149 Å². The maximum absolute atomic E-state index is 6.79. The van der Waals surface area contributed by atoms with Gasteiger partial charge in [-0.2, -0.15) is 10.2 Å². The molecule has 0 N–H and O–H groups in total. The number of rotatable bonds is 22. The Bertz CT molecular complexity index is 3000. The maximum Gasteiger partial charge on any atom is 0.163 e. The van der Waals surface area contributed by atoms with Gasteiger partial charge in [0.2, 0.25) is 0 Å². The van der Waals surface area contributed by atoms with Gasteiger partial charge in [0.25, 0.3) is 0 Å². The summed E-state index contributed by atoms with van der Waals surface area (Å²) < 4.78 is 35.3. The van der Waals surface area contributed by atoms with E-state index in [9.17, 15) is 0 Å². The SMILES string of the molecule is C[C@@]12Cc3c(c(-c4nc5c(Cl)cc(Br)cc5n4COCC[Si](C)(C)C)nn3COCC[Si](C)(C)C)C[C@@H]1C2.C[C@@]12Cc3c(c(-c4nc5cc(Br)cc(Cl)c5n4COCC[Si](C)(C)C)nn3COCC[Si](C)(C)C)C[C@@H]1C2. The number of hydrogen-bond donors (Lipinski definition) is 0. The highest BCUT2D eigenvalue weighted by atomic mass is 79.9. The Balaban J connectivity index is 0.000000186. The normalized spacial score (nSPS) is 21.1. The van der Waals surface area contributed by atoms with Crippen LogP contribution in [-0.4, -0.2) is 97.4 Å². The van der Waals surface area contributed by atoms with Gasteiger partial charge in [-0.15, -0.1) is 0 Å². The van der Waals surface area contributed by atoms with Crippen molar-refractivity contribution in [3.63, 3.8) is 0 Å². The van der Waals surface area contributed by atoms with E-state index in [-0.39, 0.29) is 0 Å². The highest BCUT2D eigenvalue weighted by molar-refractivity contribution is 9.10. The van der Waals surface area contributed by atoms with Crippen molar-refractivity contribution < 1.29 is 18.9 Å².